The Morgan fingerprint density at radius 3 is 2.21 bits per heavy atom. The van der Waals surface area contributed by atoms with Crippen molar-refractivity contribution in [1.82, 2.24) is 25.3 Å². The highest BCUT2D eigenvalue weighted by atomic mass is 16.5. The summed E-state index contributed by atoms with van der Waals surface area (Å²) in [6, 6.07) is 10.7. The Labute approximate surface area is 226 Å². The third kappa shape index (κ3) is 8.91. The molecule has 0 bridgehead atoms. The van der Waals surface area contributed by atoms with Crippen LogP contribution in [0.15, 0.2) is 64.2 Å². The number of carbonyl (C=O) groups is 3. The van der Waals surface area contributed by atoms with Gasteiger partial charge in [-0.05, 0) is 42.4 Å². The molecule has 2 heterocycles. The summed E-state index contributed by atoms with van der Waals surface area (Å²) in [5.74, 6) is -1.37. The number of nitrogens with one attached hydrogen (secondary N) is 2. The number of ether oxygens (including phenoxy) is 1. The van der Waals surface area contributed by atoms with Gasteiger partial charge in [0.05, 0.1) is 12.6 Å². The van der Waals surface area contributed by atoms with Crippen LogP contribution >= 0.6 is 0 Å². The summed E-state index contributed by atoms with van der Waals surface area (Å²) < 4.78 is 11.2. The maximum Gasteiger partial charge on any atom is 0.442 e. The van der Waals surface area contributed by atoms with Gasteiger partial charge in [0.25, 0.3) is 0 Å². The summed E-state index contributed by atoms with van der Waals surface area (Å²) in [5.41, 5.74) is 1.37. The van der Waals surface area contributed by atoms with Gasteiger partial charge in [-0.3, -0.25) is 19.1 Å². The van der Waals surface area contributed by atoms with Crippen molar-refractivity contribution in [1.29, 1.82) is 0 Å². The van der Waals surface area contributed by atoms with Gasteiger partial charge in [0.2, 0.25) is 5.91 Å². The van der Waals surface area contributed by atoms with Crippen LogP contribution in [0.5, 0.6) is 0 Å². The maximum atomic E-state index is 13.4. The summed E-state index contributed by atoms with van der Waals surface area (Å²) >= 11 is 0. The van der Waals surface area contributed by atoms with Gasteiger partial charge in [0.1, 0.15) is 12.6 Å². The number of Topliss-reactive ketones (excluding diaryl/α,β-unsaturated/α-hetero) is 1. The van der Waals surface area contributed by atoms with Crippen molar-refractivity contribution in [3.8, 4) is 11.4 Å². The van der Waals surface area contributed by atoms with E-state index in [-0.39, 0.29) is 30.8 Å². The minimum Gasteiger partial charge on any atom is -0.445 e. The van der Waals surface area contributed by atoms with Crippen molar-refractivity contribution in [3.05, 3.63) is 71.0 Å². The van der Waals surface area contributed by atoms with Crippen LogP contribution in [-0.4, -0.2) is 44.6 Å². The van der Waals surface area contributed by atoms with Gasteiger partial charge < -0.3 is 15.4 Å². The number of hydrogen-bond acceptors (Lipinski definition) is 8. The molecule has 0 fully saturated rings. The predicted octanol–water partition coefficient (Wildman–Crippen LogP) is 3.34. The Hall–Kier alpha value is -4.28. The second kappa shape index (κ2) is 14.0. The van der Waals surface area contributed by atoms with Crippen molar-refractivity contribution in [3.63, 3.8) is 0 Å². The van der Waals surface area contributed by atoms with Gasteiger partial charge in [-0.1, -0.05) is 63.2 Å². The number of pyridine rings is 1. The van der Waals surface area contributed by atoms with Crippen LogP contribution in [0.3, 0.4) is 0 Å². The van der Waals surface area contributed by atoms with E-state index < -0.39 is 35.6 Å². The fraction of sp³-hybridized carbons (Fsp3) is 0.429. The van der Waals surface area contributed by atoms with E-state index in [1.54, 1.807) is 12.1 Å². The van der Waals surface area contributed by atoms with Gasteiger partial charge in [0, 0.05) is 18.0 Å². The normalized spacial score (nSPS) is 12.7. The molecule has 0 aliphatic rings. The molecule has 39 heavy (non-hydrogen) atoms. The number of alkyl carbamates (subject to hydrolysis) is 1. The SMILES string of the molecule is CC(C)C[C@H](NC(=O)[C@H](CC(C)C)NC(=O)OCc1ccccc1)C(=O)Cn1c(-c2ccncc2)noc1=O. The lowest BCUT2D eigenvalue weighted by Gasteiger charge is -2.25. The van der Waals surface area contributed by atoms with Crippen LogP contribution in [0.2, 0.25) is 0 Å². The molecule has 11 heteroatoms. The molecule has 2 N–H and O–H groups in total. The number of ketones is 1. The summed E-state index contributed by atoms with van der Waals surface area (Å²) in [5, 5.41) is 9.22. The molecule has 2 atom stereocenters. The average Bonchev–Trinajstić information content (AvgIpc) is 3.27. The summed E-state index contributed by atoms with van der Waals surface area (Å²) in [6.45, 7) is 7.40. The van der Waals surface area contributed by atoms with E-state index in [0.717, 1.165) is 10.1 Å². The lowest BCUT2D eigenvalue weighted by Crippen LogP contribution is -2.53. The van der Waals surface area contributed by atoms with Crippen LogP contribution < -0.4 is 16.4 Å². The molecule has 0 radical (unpaired) electrons. The number of rotatable bonds is 13. The van der Waals surface area contributed by atoms with Crippen LogP contribution in [0.1, 0.15) is 46.1 Å². The maximum absolute atomic E-state index is 13.4. The zero-order chi connectivity index (χ0) is 28.4. The first-order valence-electron chi connectivity index (χ1n) is 12.9. The fourth-order valence-electron chi connectivity index (χ4n) is 4.01. The fourth-order valence-corrected chi connectivity index (χ4v) is 4.01. The van der Waals surface area contributed by atoms with E-state index in [9.17, 15) is 19.2 Å². The second-order valence-electron chi connectivity index (χ2n) is 10.1. The smallest absolute Gasteiger partial charge is 0.442 e. The summed E-state index contributed by atoms with van der Waals surface area (Å²) in [6.07, 6.45) is 3.02. The third-order valence-corrected chi connectivity index (χ3v) is 5.88. The minimum absolute atomic E-state index is 0.0600. The van der Waals surface area contributed by atoms with E-state index in [1.165, 1.54) is 12.4 Å². The van der Waals surface area contributed by atoms with Crippen molar-refractivity contribution >= 4 is 17.8 Å². The van der Waals surface area contributed by atoms with Crippen LogP contribution in [0.25, 0.3) is 11.4 Å². The zero-order valence-electron chi connectivity index (χ0n) is 22.6. The molecule has 2 amide bonds. The Balaban J connectivity index is 1.71. The van der Waals surface area contributed by atoms with Crippen LogP contribution in [0.4, 0.5) is 4.79 Å². The molecule has 3 aromatic rings. The number of carbonyl (C=O) groups excluding carboxylic acids is 3. The van der Waals surface area contributed by atoms with Gasteiger partial charge in [-0.15, -0.1) is 0 Å². The summed E-state index contributed by atoms with van der Waals surface area (Å²) in [4.78, 5) is 55.5. The van der Waals surface area contributed by atoms with Gasteiger partial charge in [-0.25, -0.2) is 14.2 Å². The quantitative estimate of drug-likeness (QED) is 0.338. The summed E-state index contributed by atoms with van der Waals surface area (Å²) in [7, 11) is 0. The highest BCUT2D eigenvalue weighted by Gasteiger charge is 2.29. The second-order valence-corrected chi connectivity index (χ2v) is 10.1. The van der Waals surface area contributed by atoms with Crippen molar-refractivity contribution in [2.24, 2.45) is 11.8 Å². The lowest BCUT2D eigenvalue weighted by molar-refractivity contribution is -0.129. The minimum atomic E-state index is -0.915. The van der Waals surface area contributed by atoms with Crippen molar-refractivity contribution in [2.75, 3.05) is 0 Å². The molecular formula is C28H35N5O6. The molecule has 0 unspecified atom stereocenters. The van der Waals surface area contributed by atoms with Crippen LogP contribution in [0, 0.1) is 11.8 Å². The molecule has 0 saturated carbocycles. The molecule has 0 spiro atoms. The Morgan fingerprint density at radius 2 is 1.56 bits per heavy atom. The molecule has 0 aliphatic heterocycles. The number of nitrogens with zero attached hydrogens (tertiary/aromatic N) is 3. The largest absolute Gasteiger partial charge is 0.445 e. The number of benzene rings is 1. The van der Waals surface area contributed by atoms with E-state index in [1.807, 2.05) is 58.0 Å². The molecule has 11 nitrogen and oxygen atoms in total. The average molecular weight is 538 g/mol. The third-order valence-electron chi connectivity index (χ3n) is 5.88. The number of aromatic nitrogens is 3. The first-order chi connectivity index (χ1) is 18.6. The zero-order valence-corrected chi connectivity index (χ0v) is 22.6. The van der Waals surface area contributed by atoms with E-state index in [4.69, 9.17) is 9.26 Å². The van der Waals surface area contributed by atoms with E-state index in [2.05, 4.69) is 20.8 Å². The molecule has 0 saturated heterocycles. The Bertz CT molecular complexity index is 1290. The van der Waals surface area contributed by atoms with E-state index in [0.29, 0.717) is 18.4 Å². The first kappa shape index (κ1) is 29.3. The molecule has 1 aromatic carbocycles. The molecular weight excluding hydrogens is 502 g/mol. The standard InChI is InChI=1S/C28H35N5O6/c1-18(2)14-22(24(34)16-33-25(32-39-28(33)37)21-10-12-29-13-11-21)30-26(35)23(15-19(3)4)31-27(36)38-17-20-8-6-5-7-9-20/h5-13,18-19,22-23H,14-17H2,1-4H3,(H,30,35)(H,31,36)/t22-,23-/m0/s1. The van der Waals surface area contributed by atoms with Crippen molar-refractivity contribution in [2.45, 2.75) is 65.8 Å². The Morgan fingerprint density at radius 1 is 0.923 bits per heavy atom. The lowest BCUT2D eigenvalue weighted by atomic mass is 9.98. The van der Waals surface area contributed by atoms with Crippen LogP contribution in [-0.2, 0) is 27.5 Å². The van der Waals surface area contributed by atoms with Crippen molar-refractivity contribution < 1.29 is 23.6 Å². The molecule has 3 rings (SSSR count). The number of amides is 2. The monoisotopic (exact) mass is 537 g/mol. The molecule has 0 aliphatic carbocycles. The molecule has 208 valence electrons. The van der Waals surface area contributed by atoms with Gasteiger partial charge in [0.15, 0.2) is 11.6 Å². The predicted molar refractivity (Wildman–Crippen MR) is 143 cm³/mol. The highest BCUT2D eigenvalue weighted by Crippen LogP contribution is 2.16. The Kier molecular flexibility index (Phi) is 10.5. The van der Waals surface area contributed by atoms with Gasteiger partial charge in [-0.2, -0.15) is 0 Å². The molecule has 2 aromatic heterocycles. The topological polar surface area (TPSA) is 145 Å². The number of hydrogen-bond donors (Lipinski definition) is 2. The van der Waals surface area contributed by atoms with Gasteiger partial charge >= 0.3 is 11.8 Å². The highest BCUT2D eigenvalue weighted by molar-refractivity contribution is 5.92. The first-order valence-corrected chi connectivity index (χ1v) is 12.9. The van der Waals surface area contributed by atoms with E-state index >= 15 is 0 Å².